The largest absolute Gasteiger partial charge is 0.361 e. The summed E-state index contributed by atoms with van der Waals surface area (Å²) in [5, 5.41) is 5.14. The molecule has 5 nitrogen and oxygen atoms in total. The van der Waals surface area contributed by atoms with E-state index in [1.807, 2.05) is 48.7 Å². The average molecular weight is 435 g/mol. The van der Waals surface area contributed by atoms with E-state index in [0.29, 0.717) is 5.56 Å². The Labute approximate surface area is 171 Å². The molecule has 2 aromatic carbocycles. The summed E-state index contributed by atoms with van der Waals surface area (Å²) in [6, 6.07) is 17.6. The molecule has 2 aromatic heterocycles. The van der Waals surface area contributed by atoms with Crippen molar-refractivity contribution in [2.24, 2.45) is 5.10 Å². The van der Waals surface area contributed by atoms with E-state index in [1.54, 1.807) is 6.21 Å². The summed E-state index contributed by atoms with van der Waals surface area (Å²) in [4.78, 5) is 15.6. The van der Waals surface area contributed by atoms with Crippen LogP contribution in [-0.4, -0.2) is 21.7 Å². The van der Waals surface area contributed by atoms with E-state index < -0.39 is 0 Å². The van der Waals surface area contributed by atoms with Gasteiger partial charge in [0.2, 0.25) is 0 Å². The molecule has 0 aliphatic carbocycles. The number of aromatic amines is 1. The Morgan fingerprint density at radius 1 is 1.07 bits per heavy atom. The lowest BCUT2D eigenvalue weighted by atomic mass is 10.2. The van der Waals surface area contributed by atoms with Gasteiger partial charge in [0.25, 0.3) is 5.91 Å². The number of aryl methyl sites for hydroxylation is 2. The van der Waals surface area contributed by atoms with Crippen LogP contribution in [-0.2, 0) is 0 Å². The average Bonchev–Trinajstić information content (AvgIpc) is 3.24. The molecule has 4 rings (SSSR count). The molecule has 0 fully saturated rings. The second-order valence-corrected chi connectivity index (χ2v) is 7.55. The summed E-state index contributed by atoms with van der Waals surface area (Å²) in [5.74, 6) is -0.246. The smallest absolute Gasteiger partial charge is 0.271 e. The molecule has 2 heterocycles. The molecule has 6 heteroatoms. The second kappa shape index (κ2) is 7.48. The fraction of sp³-hybridized carbons (Fsp3) is 0.0909. The summed E-state index contributed by atoms with van der Waals surface area (Å²) in [6.45, 7) is 4.12. The Morgan fingerprint density at radius 2 is 1.79 bits per heavy atom. The first-order valence-electron chi connectivity index (χ1n) is 8.88. The predicted molar refractivity (Wildman–Crippen MR) is 116 cm³/mol. The first kappa shape index (κ1) is 18.3. The molecule has 1 amide bonds. The Hall–Kier alpha value is -3.12. The highest BCUT2D eigenvalue weighted by Crippen LogP contribution is 2.21. The maximum absolute atomic E-state index is 12.4. The lowest BCUT2D eigenvalue weighted by Crippen LogP contribution is -2.17. The van der Waals surface area contributed by atoms with Crippen molar-refractivity contribution in [3.05, 3.63) is 87.8 Å². The van der Waals surface area contributed by atoms with Crippen LogP contribution in [0.5, 0.6) is 0 Å². The number of hydrogen-bond acceptors (Lipinski definition) is 2. The first-order chi connectivity index (χ1) is 13.5. The van der Waals surface area contributed by atoms with Gasteiger partial charge < -0.3 is 9.55 Å². The highest BCUT2D eigenvalue weighted by molar-refractivity contribution is 9.10. The number of carbonyl (C=O) groups excluding carboxylic acids is 1. The van der Waals surface area contributed by atoms with Crippen molar-refractivity contribution in [3.63, 3.8) is 0 Å². The van der Waals surface area contributed by atoms with Crippen LogP contribution in [0.4, 0.5) is 0 Å². The lowest BCUT2D eigenvalue weighted by molar-refractivity contribution is 0.0955. The van der Waals surface area contributed by atoms with Crippen molar-refractivity contribution < 1.29 is 4.79 Å². The normalized spacial score (nSPS) is 11.4. The quantitative estimate of drug-likeness (QED) is 0.340. The number of hydrogen-bond donors (Lipinski definition) is 2. The molecule has 2 N–H and O–H groups in total. The van der Waals surface area contributed by atoms with Gasteiger partial charge in [-0.1, -0.05) is 15.9 Å². The van der Waals surface area contributed by atoms with Gasteiger partial charge in [0.1, 0.15) is 0 Å². The van der Waals surface area contributed by atoms with Gasteiger partial charge in [-0.2, -0.15) is 5.10 Å². The molecule has 0 bridgehead atoms. The van der Waals surface area contributed by atoms with Gasteiger partial charge in [-0.15, -0.1) is 0 Å². The van der Waals surface area contributed by atoms with E-state index in [-0.39, 0.29) is 5.91 Å². The van der Waals surface area contributed by atoms with Gasteiger partial charge in [-0.25, -0.2) is 5.43 Å². The third kappa shape index (κ3) is 3.51. The third-order valence-corrected chi connectivity index (χ3v) is 5.20. The molecular formula is C22H19BrN4O. The number of fused-ring (bicyclic) bond motifs is 1. The fourth-order valence-corrected chi connectivity index (χ4v) is 3.64. The highest BCUT2D eigenvalue weighted by Gasteiger charge is 2.08. The molecule has 0 saturated heterocycles. The van der Waals surface area contributed by atoms with Gasteiger partial charge in [-0.05, 0) is 68.4 Å². The van der Waals surface area contributed by atoms with Gasteiger partial charge >= 0.3 is 0 Å². The summed E-state index contributed by atoms with van der Waals surface area (Å²) >= 11 is 3.47. The zero-order chi connectivity index (χ0) is 19.7. The maximum atomic E-state index is 12.4. The van der Waals surface area contributed by atoms with E-state index in [1.165, 1.54) is 0 Å². The van der Waals surface area contributed by atoms with Gasteiger partial charge in [0.05, 0.1) is 6.21 Å². The molecule has 4 aromatic rings. The van der Waals surface area contributed by atoms with Gasteiger partial charge in [-0.3, -0.25) is 4.79 Å². The van der Waals surface area contributed by atoms with E-state index in [4.69, 9.17) is 0 Å². The molecule has 0 unspecified atom stereocenters. The predicted octanol–water partition coefficient (Wildman–Crippen LogP) is 5.10. The molecule has 0 atom stereocenters. The summed E-state index contributed by atoms with van der Waals surface area (Å²) in [7, 11) is 0. The van der Waals surface area contributed by atoms with Crippen molar-refractivity contribution in [1.82, 2.24) is 15.0 Å². The van der Waals surface area contributed by atoms with Crippen LogP contribution in [0.1, 0.15) is 27.3 Å². The molecule has 0 aliphatic heterocycles. The number of benzene rings is 2. The molecule has 0 saturated carbocycles. The summed E-state index contributed by atoms with van der Waals surface area (Å²) in [5.41, 5.74) is 8.42. The highest BCUT2D eigenvalue weighted by atomic mass is 79.9. The minimum absolute atomic E-state index is 0.246. The Bertz CT molecular complexity index is 1170. The fourth-order valence-electron chi connectivity index (χ4n) is 3.28. The van der Waals surface area contributed by atoms with Crippen molar-refractivity contribution in [1.29, 1.82) is 0 Å². The summed E-state index contributed by atoms with van der Waals surface area (Å²) in [6.07, 6.45) is 3.51. The van der Waals surface area contributed by atoms with Crippen LogP contribution < -0.4 is 5.43 Å². The topological polar surface area (TPSA) is 62.2 Å². The number of H-pyrrole nitrogens is 1. The standard InChI is InChI=1S/C22H19BrN4O/c1-14-3-4-15(2)27(14)19-8-5-16(6-9-19)22(28)26-25-13-17-12-24-21-10-7-18(23)11-20(17)21/h3-13,24H,1-2H3,(H,26,28)/b25-13-. The monoisotopic (exact) mass is 434 g/mol. The number of halogens is 1. The Kier molecular flexibility index (Phi) is 4.88. The second-order valence-electron chi connectivity index (χ2n) is 6.63. The number of hydrazone groups is 1. The Balaban J connectivity index is 1.48. The van der Waals surface area contributed by atoms with Crippen LogP contribution in [0.2, 0.25) is 0 Å². The minimum Gasteiger partial charge on any atom is -0.361 e. The van der Waals surface area contributed by atoms with E-state index in [0.717, 1.165) is 38.0 Å². The number of aromatic nitrogens is 2. The van der Waals surface area contributed by atoms with E-state index >= 15 is 0 Å². The third-order valence-electron chi connectivity index (χ3n) is 4.70. The van der Waals surface area contributed by atoms with Crippen LogP contribution in [0, 0.1) is 13.8 Å². The zero-order valence-electron chi connectivity index (χ0n) is 15.5. The molecule has 0 aliphatic rings. The molecular weight excluding hydrogens is 416 g/mol. The molecule has 28 heavy (non-hydrogen) atoms. The van der Waals surface area contributed by atoms with E-state index in [2.05, 4.69) is 62.0 Å². The number of nitrogens with zero attached hydrogens (tertiary/aromatic N) is 2. The molecule has 0 spiro atoms. The van der Waals surface area contributed by atoms with Crippen LogP contribution in [0.3, 0.4) is 0 Å². The molecule has 0 radical (unpaired) electrons. The van der Waals surface area contributed by atoms with Crippen molar-refractivity contribution in [3.8, 4) is 5.69 Å². The van der Waals surface area contributed by atoms with Crippen molar-refractivity contribution in [2.45, 2.75) is 13.8 Å². The molecule has 140 valence electrons. The summed E-state index contributed by atoms with van der Waals surface area (Å²) < 4.78 is 3.14. The first-order valence-corrected chi connectivity index (χ1v) is 9.67. The zero-order valence-corrected chi connectivity index (χ0v) is 17.1. The number of carbonyl (C=O) groups is 1. The number of amides is 1. The number of nitrogens with one attached hydrogen (secondary N) is 2. The number of rotatable bonds is 4. The van der Waals surface area contributed by atoms with Gasteiger partial charge in [0, 0.05) is 49.8 Å². The van der Waals surface area contributed by atoms with Crippen LogP contribution in [0.25, 0.3) is 16.6 Å². The lowest BCUT2D eigenvalue weighted by Gasteiger charge is -2.10. The van der Waals surface area contributed by atoms with Crippen molar-refractivity contribution >= 4 is 39.0 Å². The van der Waals surface area contributed by atoms with Crippen molar-refractivity contribution in [2.75, 3.05) is 0 Å². The minimum atomic E-state index is -0.246. The maximum Gasteiger partial charge on any atom is 0.271 e. The van der Waals surface area contributed by atoms with E-state index in [9.17, 15) is 4.79 Å². The Morgan fingerprint density at radius 3 is 2.50 bits per heavy atom. The van der Waals surface area contributed by atoms with Crippen LogP contribution in [0.15, 0.2) is 70.4 Å². The van der Waals surface area contributed by atoms with Crippen LogP contribution >= 0.6 is 15.9 Å². The SMILES string of the molecule is Cc1ccc(C)n1-c1ccc(C(=O)N/N=C\c2c[nH]c3ccc(Br)cc23)cc1. The van der Waals surface area contributed by atoms with Gasteiger partial charge in [0.15, 0.2) is 0 Å².